The van der Waals surface area contributed by atoms with Crippen LogP contribution in [0.2, 0.25) is 0 Å². The number of amides is 3. The Morgan fingerprint density at radius 3 is 2.78 bits per heavy atom. The summed E-state index contributed by atoms with van der Waals surface area (Å²) < 4.78 is 0. The molecule has 3 amide bonds. The van der Waals surface area contributed by atoms with E-state index in [2.05, 4.69) is 42.4 Å². The van der Waals surface area contributed by atoms with Gasteiger partial charge in [-0.1, -0.05) is 32.0 Å². The summed E-state index contributed by atoms with van der Waals surface area (Å²) in [4.78, 5) is 26.0. The van der Waals surface area contributed by atoms with E-state index in [1.54, 1.807) is 0 Å². The first-order chi connectivity index (χ1) is 11.0. The molecule has 126 valence electrons. The first kappa shape index (κ1) is 17.3. The van der Waals surface area contributed by atoms with Crippen LogP contribution in [0.3, 0.4) is 0 Å². The first-order valence-corrected chi connectivity index (χ1v) is 8.39. The van der Waals surface area contributed by atoms with Crippen molar-refractivity contribution in [1.29, 1.82) is 0 Å². The van der Waals surface area contributed by atoms with Crippen molar-refractivity contribution in [2.24, 2.45) is 5.92 Å². The van der Waals surface area contributed by atoms with Crippen LogP contribution < -0.4 is 15.5 Å². The lowest BCUT2D eigenvalue weighted by Crippen LogP contribution is -2.48. The van der Waals surface area contributed by atoms with E-state index in [4.69, 9.17) is 0 Å². The van der Waals surface area contributed by atoms with Crippen molar-refractivity contribution in [3.8, 4) is 0 Å². The number of urea groups is 1. The van der Waals surface area contributed by atoms with E-state index in [9.17, 15) is 9.59 Å². The van der Waals surface area contributed by atoms with Crippen molar-refractivity contribution in [2.75, 3.05) is 18.0 Å². The van der Waals surface area contributed by atoms with Gasteiger partial charge in [-0.3, -0.25) is 10.1 Å². The third kappa shape index (κ3) is 4.98. The number of carbonyl (C=O) groups excluding carboxylic acids is 2. The molecule has 1 aromatic carbocycles. The fraction of sp³-hybridized carbons (Fsp3) is 0.556. The molecule has 0 saturated heterocycles. The van der Waals surface area contributed by atoms with Crippen LogP contribution >= 0.6 is 0 Å². The number of rotatable bonds is 5. The van der Waals surface area contributed by atoms with Crippen molar-refractivity contribution in [3.05, 3.63) is 29.8 Å². The zero-order valence-corrected chi connectivity index (χ0v) is 14.3. The van der Waals surface area contributed by atoms with Gasteiger partial charge in [-0.15, -0.1) is 0 Å². The summed E-state index contributed by atoms with van der Waals surface area (Å²) in [7, 11) is 0. The molecule has 0 spiro atoms. The lowest BCUT2D eigenvalue weighted by Gasteiger charge is -2.36. The molecule has 2 N–H and O–H groups in total. The summed E-state index contributed by atoms with van der Waals surface area (Å²) >= 11 is 0. The van der Waals surface area contributed by atoms with E-state index >= 15 is 0 Å². The van der Waals surface area contributed by atoms with Crippen LogP contribution in [0.1, 0.15) is 39.2 Å². The summed E-state index contributed by atoms with van der Waals surface area (Å²) in [5, 5.41) is 5.14. The largest absolute Gasteiger partial charge is 0.359 e. The number of fused-ring (bicyclic) bond motifs is 1. The Labute approximate surface area is 138 Å². The quantitative estimate of drug-likeness (QED) is 0.878. The molecule has 1 aliphatic heterocycles. The number of benzene rings is 1. The molecule has 0 bridgehead atoms. The van der Waals surface area contributed by atoms with Crippen LogP contribution in [-0.2, 0) is 11.2 Å². The minimum absolute atomic E-state index is 0.204. The van der Waals surface area contributed by atoms with Gasteiger partial charge in [0, 0.05) is 18.3 Å². The van der Waals surface area contributed by atoms with Gasteiger partial charge >= 0.3 is 6.03 Å². The maximum Gasteiger partial charge on any atom is 0.321 e. The monoisotopic (exact) mass is 317 g/mol. The normalized spacial score (nSPS) is 16.9. The molecule has 5 nitrogen and oxygen atoms in total. The van der Waals surface area contributed by atoms with E-state index in [0.717, 1.165) is 24.9 Å². The zero-order chi connectivity index (χ0) is 16.8. The molecule has 1 aromatic rings. The number of nitrogens with one attached hydrogen (secondary N) is 2. The van der Waals surface area contributed by atoms with Crippen LogP contribution in [0.15, 0.2) is 24.3 Å². The molecule has 0 aliphatic carbocycles. The summed E-state index contributed by atoms with van der Waals surface area (Å²) in [5.74, 6) is 0.257. The number of hydrogen-bond donors (Lipinski definition) is 2. The highest BCUT2D eigenvalue weighted by atomic mass is 16.2. The number of aryl methyl sites for hydroxylation is 1. The Balaban J connectivity index is 1.89. The standard InChI is InChI=1S/C18H27N3O2/c1-13(2)10-11-19-18(23)20-17(22)12-21-14(3)8-9-15-6-4-5-7-16(15)21/h4-7,13-14H,8-12H2,1-3H3,(H2,19,20,22,23)/t14-/m0/s1. The smallest absolute Gasteiger partial charge is 0.321 e. The van der Waals surface area contributed by atoms with E-state index in [1.807, 2.05) is 18.2 Å². The predicted molar refractivity (Wildman–Crippen MR) is 92.6 cm³/mol. The van der Waals surface area contributed by atoms with Gasteiger partial charge in [-0.2, -0.15) is 0 Å². The van der Waals surface area contributed by atoms with Gasteiger partial charge in [-0.05, 0) is 43.7 Å². The van der Waals surface area contributed by atoms with Gasteiger partial charge in [0.05, 0.1) is 6.54 Å². The van der Waals surface area contributed by atoms with Crippen molar-refractivity contribution in [3.63, 3.8) is 0 Å². The summed E-state index contributed by atoms with van der Waals surface area (Å²) in [6.07, 6.45) is 2.95. The van der Waals surface area contributed by atoms with Gasteiger partial charge in [0.25, 0.3) is 0 Å². The second-order valence-electron chi connectivity index (χ2n) is 6.63. The second kappa shape index (κ2) is 7.99. The molecule has 1 aliphatic rings. The second-order valence-corrected chi connectivity index (χ2v) is 6.63. The fourth-order valence-electron chi connectivity index (χ4n) is 2.84. The van der Waals surface area contributed by atoms with Gasteiger partial charge in [0.1, 0.15) is 0 Å². The van der Waals surface area contributed by atoms with Crippen LogP contribution in [0.4, 0.5) is 10.5 Å². The maximum atomic E-state index is 12.2. The SMILES string of the molecule is CC(C)CCNC(=O)NC(=O)CN1c2ccccc2CC[C@@H]1C. The number of nitrogens with zero attached hydrogens (tertiary/aromatic N) is 1. The first-order valence-electron chi connectivity index (χ1n) is 8.39. The van der Waals surface area contributed by atoms with E-state index in [-0.39, 0.29) is 12.5 Å². The molecule has 0 aromatic heterocycles. The molecule has 0 fully saturated rings. The van der Waals surface area contributed by atoms with Crippen molar-refractivity contribution in [1.82, 2.24) is 10.6 Å². The Morgan fingerprint density at radius 2 is 2.04 bits per heavy atom. The Morgan fingerprint density at radius 1 is 1.30 bits per heavy atom. The lowest BCUT2D eigenvalue weighted by molar-refractivity contribution is -0.118. The Kier molecular flexibility index (Phi) is 6.02. The average Bonchev–Trinajstić information content (AvgIpc) is 2.49. The fourth-order valence-corrected chi connectivity index (χ4v) is 2.84. The van der Waals surface area contributed by atoms with Crippen molar-refractivity contribution < 1.29 is 9.59 Å². The molecule has 23 heavy (non-hydrogen) atoms. The summed E-state index contributed by atoms with van der Waals surface area (Å²) in [5.41, 5.74) is 2.36. The Bertz CT molecular complexity index is 557. The number of anilines is 1. The average molecular weight is 317 g/mol. The highest BCUT2D eigenvalue weighted by Crippen LogP contribution is 2.29. The summed E-state index contributed by atoms with van der Waals surface area (Å²) in [6.45, 7) is 7.10. The number of imide groups is 1. The van der Waals surface area contributed by atoms with Crippen molar-refractivity contribution in [2.45, 2.75) is 46.1 Å². The lowest BCUT2D eigenvalue weighted by atomic mass is 9.97. The van der Waals surface area contributed by atoms with Crippen LogP contribution in [0, 0.1) is 5.92 Å². The highest BCUT2D eigenvalue weighted by molar-refractivity contribution is 5.96. The molecule has 0 unspecified atom stereocenters. The Hall–Kier alpha value is -2.04. The third-order valence-electron chi connectivity index (χ3n) is 4.24. The van der Waals surface area contributed by atoms with E-state index < -0.39 is 6.03 Å². The zero-order valence-electron chi connectivity index (χ0n) is 14.3. The van der Waals surface area contributed by atoms with E-state index in [1.165, 1.54) is 5.56 Å². The maximum absolute atomic E-state index is 12.2. The van der Waals surface area contributed by atoms with Crippen LogP contribution in [-0.4, -0.2) is 31.1 Å². The number of carbonyl (C=O) groups is 2. The molecule has 0 saturated carbocycles. The predicted octanol–water partition coefficient (Wildman–Crippen LogP) is 2.70. The minimum atomic E-state index is -0.409. The summed E-state index contributed by atoms with van der Waals surface area (Å²) in [6, 6.07) is 8.04. The van der Waals surface area contributed by atoms with Crippen molar-refractivity contribution >= 4 is 17.6 Å². The van der Waals surface area contributed by atoms with Gasteiger partial charge in [0.15, 0.2) is 0 Å². The number of hydrogen-bond acceptors (Lipinski definition) is 3. The molecular weight excluding hydrogens is 290 g/mol. The van der Waals surface area contributed by atoms with Crippen LogP contribution in [0.5, 0.6) is 0 Å². The van der Waals surface area contributed by atoms with Gasteiger partial charge < -0.3 is 10.2 Å². The van der Waals surface area contributed by atoms with Crippen LogP contribution in [0.25, 0.3) is 0 Å². The molecule has 5 heteroatoms. The van der Waals surface area contributed by atoms with Gasteiger partial charge in [-0.25, -0.2) is 4.79 Å². The molecule has 2 rings (SSSR count). The highest BCUT2D eigenvalue weighted by Gasteiger charge is 2.24. The minimum Gasteiger partial charge on any atom is -0.359 e. The third-order valence-corrected chi connectivity index (χ3v) is 4.24. The molecule has 1 heterocycles. The molecule has 0 radical (unpaired) electrons. The van der Waals surface area contributed by atoms with E-state index in [0.29, 0.717) is 18.5 Å². The van der Waals surface area contributed by atoms with Gasteiger partial charge in [0.2, 0.25) is 5.91 Å². The number of para-hydroxylation sites is 1. The topological polar surface area (TPSA) is 61.4 Å². The molecule has 1 atom stereocenters. The molecular formula is C18H27N3O2.